The molecule has 0 aliphatic carbocycles. The number of ether oxygens (including phenoxy) is 1. The first-order chi connectivity index (χ1) is 13.2. The van der Waals surface area contributed by atoms with Crippen LogP contribution in [-0.2, 0) is 6.54 Å². The summed E-state index contributed by atoms with van der Waals surface area (Å²) in [6.45, 7) is 9.30. The highest BCUT2D eigenvalue weighted by Crippen LogP contribution is 2.09. The maximum atomic E-state index is 12.7. The third-order valence-electron chi connectivity index (χ3n) is 4.48. The number of hydrogen-bond acceptors (Lipinski definition) is 3. The van der Waals surface area contributed by atoms with Crippen molar-refractivity contribution < 1.29 is 9.53 Å². The van der Waals surface area contributed by atoms with Crippen molar-refractivity contribution in [3.63, 3.8) is 0 Å². The molecule has 0 saturated carbocycles. The lowest BCUT2D eigenvalue weighted by atomic mass is 10.2. The van der Waals surface area contributed by atoms with E-state index < -0.39 is 0 Å². The smallest absolute Gasteiger partial charge is 0.317 e. The van der Waals surface area contributed by atoms with Crippen molar-refractivity contribution in [2.45, 2.75) is 20.4 Å². The summed E-state index contributed by atoms with van der Waals surface area (Å²) in [7, 11) is 0. The van der Waals surface area contributed by atoms with Crippen LogP contribution in [0, 0.1) is 0 Å². The maximum absolute atomic E-state index is 12.7. The molecule has 27 heavy (non-hydrogen) atoms. The van der Waals surface area contributed by atoms with E-state index in [0.29, 0.717) is 26.2 Å². The van der Waals surface area contributed by atoms with Crippen LogP contribution in [0.15, 0.2) is 60.7 Å². The van der Waals surface area contributed by atoms with E-state index in [9.17, 15) is 4.79 Å². The fraction of sp³-hybridized carbons (Fsp3) is 0.409. The van der Waals surface area contributed by atoms with Gasteiger partial charge in [-0.25, -0.2) is 4.79 Å². The van der Waals surface area contributed by atoms with Crippen molar-refractivity contribution in [1.29, 1.82) is 0 Å². The van der Waals surface area contributed by atoms with Crippen LogP contribution in [0.25, 0.3) is 0 Å². The van der Waals surface area contributed by atoms with Crippen LogP contribution in [-0.4, -0.2) is 55.2 Å². The van der Waals surface area contributed by atoms with Gasteiger partial charge in [-0.05, 0) is 30.8 Å². The second kappa shape index (κ2) is 12.0. The maximum Gasteiger partial charge on any atom is 0.317 e. The van der Waals surface area contributed by atoms with E-state index in [1.807, 2.05) is 60.7 Å². The fourth-order valence-electron chi connectivity index (χ4n) is 2.82. The average molecular weight is 370 g/mol. The standard InChI is InChI=1S/C22H31N3O2/c1-3-24(4-2)16-15-23-22(26)25(19-20-11-7-5-8-12-20)17-18-27-21-13-9-6-10-14-21/h5-14H,3-4,15-19H2,1-2H3,(H,23,26). The second-order valence-corrected chi connectivity index (χ2v) is 6.33. The number of amides is 2. The Morgan fingerprint density at radius 2 is 1.56 bits per heavy atom. The largest absolute Gasteiger partial charge is 0.492 e. The minimum absolute atomic E-state index is 0.0531. The highest BCUT2D eigenvalue weighted by molar-refractivity contribution is 5.74. The van der Waals surface area contributed by atoms with Crippen LogP contribution >= 0.6 is 0 Å². The van der Waals surface area contributed by atoms with Crippen LogP contribution < -0.4 is 10.1 Å². The molecule has 0 aromatic heterocycles. The number of likely N-dealkylation sites (N-methyl/N-ethyl adjacent to an activating group) is 1. The normalized spacial score (nSPS) is 10.6. The molecule has 2 amide bonds. The Kier molecular flexibility index (Phi) is 9.21. The molecule has 0 fully saturated rings. The van der Waals surface area contributed by atoms with Gasteiger partial charge >= 0.3 is 6.03 Å². The molecule has 5 heteroatoms. The van der Waals surface area contributed by atoms with Crippen molar-refractivity contribution in [1.82, 2.24) is 15.1 Å². The highest BCUT2D eigenvalue weighted by atomic mass is 16.5. The molecule has 2 aromatic rings. The number of nitrogens with one attached hydrogen (secondary N) is 1. The second-order valence-electron chi connectivity index (χ2n) is 6.33. The first-order valence-electron chi connectivity index (χ1n) is 9.69. The number of para-hydroxylation sites is 1. The molecular formula is C22H31N3O2. The topological polar surface area (TPSA) is 44.8 Å². The summed E-state index contributed by atoms with van der Waals surface area (Å²) in [4.78, 5) is 16.8. The van der Waals surface area contributed by atoms with Gasteiger partial charge in [0, 0.05) is 19.6 Å². The molecule has 2 aromatic carbocycles. The van der Waals surface area contributed by atoms with Gasteiger partial charge < -0.3 is 19.9 Å². The molecule has 2 rings (SSSR count). The zero-order valence-electron chi connectivity index (χ0n) is 16.4. The van der Waals surface area contributed by atoms with Crippen LogP contribution in [0.3, 0.4) is 0 Å². The summed E-state index contributed by atoms with van der Waals surface area (Å²) in [5.41, 5.74) is 1.11. The Morgan fingerprint density at radius 1 is 0.926 bits per heavy atom. The summed E-state index contributed by atoms with van der Waals surface area (Å²) in [5.74, 6) is 0.819. The molecule has 0 spiro atoms. The molecule has 0 heterocycles. The minimum atomic E-state index is -0.0531. The molecule has 0 saturated heterocycles. The molecular weight excluding hydrogens is 338 g/mol. The van der Waals surface area contributed by atoms with E-state index in [1.54, 1.807) is 4.90 Å². The van der Waals surface area contributed by atoms with Gasteiger partial charge in [0.15, 0.2) is 0 Å². The molecule has 0 unspecified atom stereocenters. The Balaban J connectivity index is 1.88. The minimum Gasteiger partial charge on any atom is -0.492 e. The molecule has 5 nitrogen and oxygen atoms in total. The number of benzene rings is 2. The quantitative estimate of drug-likeness (QED) is 0.658. The number of nitrogens with zero attached hydrogens (tertiary/aromatic N) is 2. The Morgan fingerprint density at radius 3 is 2.19 bits per heavy atom. The van der Waals surface area contributed by atoms with Crippen molar-refractivity contribution in [2.24, 2.45) is 0 Å². The molecule has 146 valence electrons. The molecule has 1 N–H and O–H groups in total. The zero-order chi connectivity index (χ0) is 19.3. The van der Waals surface area contributed by atoms with Crippen LogP contribution in [0.5, 0.6) is 5.75 Å². The lowest BCUT2D eigenvalue weighted by Gasteiger charge is -2.24. The van der Waals surface area contributed by atoms with Gasteiger partial charge in [0.05, 0.1) is 6.54 Å². The summed E-state index contributed by atoms with van der Waals surface area (Å²) in [6.07, 6.45) is 0. The third kappa shape index (κ3) is 7.71. The first kappa shape index (κ1) is 20.8. The van der Waals surface area contributed by atoms with Gasteiger partial charge in [-0.2, -0.15) is 0 Å². The zero-order valence-corrected chi connectivity index (χ0v) is 16.4. The Hall–Kier alpha value is -2.53. The van der Waals surface area contributed by atoms with Gasteiger partial charge in [0.2, 0.25) is 0 Å². The van der Waals surface area contributed by atoms with E-state index in [0.717, 1.165) is 30.9 Å². The summed E-state index contributed by atoms with van der Waals surface area (Å²) in [6, 6.07) is 19.7. The predicted molar refractivity (Wildman–Crippen MR) is 110 cm³/mol. The van der Waals surface area contributed by atoms with Gasteiger partial charge in [0.1, 0.15) is 12.4 Å². The van der Waals surface area contributed by atoms with Crippen LogP contribution in [0.4, 0.5) is 4.79 Å². The number of carbonyl (C=O) groups is 1. The van der Waals surface area contributed by atoms with E-state index in [-0.39, 0.29) is 6.03 Å². The number of urea groups is 1. The molecule has 0 atom stereocenters. The Bertz CT molecular complexity index is 645. The SMILES string of the molecule is CCN(CC)CCNC(=O)N(CCOc1ccccc1)Cc1ccccc1. The number of hydrogen-bond donors (Lipinski definition) is 1. The van der Waals surface area contributed by atoms with Crippen molar-refractivity contribution in [2.75, 3.05) is 39.3 Å². The van der Waals surface area contributed by atoms with Crippen LogP contribution in [0.2, 0.25) is 0 Å². The lowest BCUT2D eigenvalue weighted by molar-refractivity contribution is 0.177. The van der Waals surface area contributed by atoms with Gasteiger partial charge in [0.25, 0.3) is 0 Å². The van der Waals surface area contributed by atoms with Gasteiger partial charge in [-0.3, -0.25) is 0 Å². The first-order valence-corrected chi connectivity index (χ1v) is 9.69. The van der Waals surface area contributed by atoms with E-state index in [1.165, 1.54) is 0 Å². The monoisotopic (exact) mass is 369 g/mol. The van der Waals surface area contributed by atoms with Crippen molar-refractivity contribution in [3.05, 3.63) is 66.2 Å². The molecule has 0 aliphatic heterocycles. The number of rotatable bonds is 11. The van der Waals surface area contributed by atoms with Crippen molar-refractivity contribution in [3.8, 4) is 5.75 Å². The van der Waals surface area contributed by atoms with E-state index >= 15 is 0 Å². The highest BCUT2D eigenvalue weighted by Gasteiger charge is 2.14. The van der Waals surface area contributed by atoms with Crippen LogP contribution in [0.1, 0.15) is 19.4 Å². The molecule has 0 bridgehead atoms. The molecule has 0 aliphatic rings. The van der Waals surface area contributed by atoms with E-state index in [4.69, 9.17) is 4.74 Å². The molecule has 0 radical (unpaired) electrons. The number of carbonyl (C=O) groups excluding carboxylic acids is 1. The van der Waals surface area contributed by atoms with Crippen molar-refractivity contribution >= 4 is 6.03 Å². The summed E-state index contributed by atoms with van der Waals surface area (Å²) >= 11 is 0. The third-order valence-corrected chi connectivity index (χ3v) is 4.48. The predicted octanol–water partition coefficient (Wildman–Crippen LogP) is 3.62. The Labute approximate surface area is 162 Å². The van der Waals surface area contributed by atoms with Gasteiger partial charge in [-0.15, -0.1) is 0 Å². The fourth-order valence-corrected chi connectivity index (χ4v) is 2.82. The average Bonchev–Trinajstić information content (AvgIpc) is 2.72. The van der Waals surface area contributed by atoms with Gasteiger partial charge in [-0.1, -0.05) is 62.4 Å². The lowest BCUT2D eigenvalue weighted by Crippen LogP contribution is -2.44. The summed E-state index contributed by atoms with van der Waals surface area (Å²) < 4.78 is 5.77. The van der Waals surface area contributed by atoms with E-state index in [2.05, 4.69) is 24.1 Å². The summed E-state index contributed by atoms with van der Waals surface area (Å²) in [5, 5.41) is 3.04.